The first-order valence-corrected chi connectivity index (χ1v) is 17.2. The fourth-order valence-electron chi connectivity index (χ4n) is 8.71. The monoisotopic (exact) mass is 684 g/mol. The van der Waals surface area contributed by atoms with Crippen LogP contribution in [-0.4, -0.2) is 51.7 Å². The zero-order chi connectivity index (χ0) is 33.6. The van der Waals surface area contributed by atoms with Crippen LogP contribution in [0.5, 0.6) is 5.75 Å². The highest BCUT2D eigenvalue weighted by Gasteiger charge is 2.67. The van der Waals surface area contributed by atoms with Crippen molar-refractivity contribution in [3.63, 3.8) is 0 Å². The van der Waals surface area contributed by atoms with Crippen LogP contribution in [0.1, 0.15) is 36.8 Å². The summed E-state index contributed by atoms with van der Waals surface area (Å²) < 4.78 is 8.61. The maximum atomic E-state index is 15.0. The Hall–Kier alpha value is -4.32. The first-order valence-electron chi connectivity index (χ1n) is 16.0. The number of anilines is 1. The smallest absolute Gasteiger partial charge is 0.242 e. The number of thiophene rings is 1. The molecule has 246 valence electrons. The Morgan fingerprint density at radius 3 is 2.69 bits per heavy atom. The number of para-hydroxylation sites is 1. The van der Waals surface area contributed by atoms with Crippen LogP contribution in [0.4, 0.5) is 5.82 Å². The number of aromatic nitrogens is 2. The summed E-state index contributed by atoms with van der Waals surface area (Å²) >= 11 is 7.86. The van der Waals surface area contributed by atoms with E-state index >= 15 is 0 Å². The number of amides is 4. The van der Waals surface area contributed by atoms with Gasteiger partial charge < -0.3 is 9.84 Å². The summed E-state index contributed by atoms with van der Waals surface area (Å²) in [6.07, 6.45) is 2.61. The van der Waals surface area contributed by atoms with Gasteiger partial charge in [-0.1, -0.05) is 41.4 Å². The molecule has 6 atom stereocenters. The molecule has 2 aromatic heterocycles. The number of allylic oxidation sites excluding steroid dienone is 2. The molecule has 3 fully saturated rings. The first-order chi connectivity index (χ1) is 23.0. The van der Waals surface area contributed by atoms with E-state index in [0.29, 0.717) is 34.3 Å². The summed E-state index contributed by atoms with van der Waals surface area (Å²) in [7, 11) is 1.72. The molecule has 0 bridgehead atoms. The van der Waals surface area contributed by atoms with E-state index in [9.17, 15) is 24.3 Å². The van der Waals surface area contributed by atoms with Crippen molar-refractivity contribution in [1.29, 1.82) is 0 Å². The maximum absolute atomic E-state index is 15.0. The molecular weight excluding hydrogens is 652 g/mol. The zero-order valence-electron chi connectivity index (χ0n) is 26.5. The number of rotatable bonds is 6. The molecule has 2 aliphatic heterocycles. The van der Waals surface area contributed by atoms with Gasteiger partial charge in [-0.25, -0.2) is 4.90 Å². The third-order valence-electron chi connectivity index (χ3n) is 10.9. The number of hydrogen-bond acceptors (Lipinski definition) is 8. The lowest BCUT2D eigenvalue weighted by molar-refractivity contribution is -0.131. The van der Waals surface area contributed by atoms with Gasteiger partial charge in [0, 0.05) is 34.3 Å². The number of carbonyl (C=O) groups excluding carboxylic acids is 4. The largest absolute Gasteiger partial charge is 0.491 e. The number of hydrogen-bond donors (Lipinski definition) is 2. The van der Waals surface area contributed by atoms with Gasteiger partial charge in [0.25, 0.3) is 0 Å². The zero-order valence-corrected chi connectivity index (χ0v) is 28.1. The number of nitrogens with one attached hydrogen (secondary N) is 1. The van der Waals surface area contributed by atoms with Gasteiger partial charge in [0.1, 0.15) is 23.9 Å². The molecule has 4 heterocycles. The number of carbonyl (C=O) groups is 4. The predicted molar refractivity (Wildman–Crippen MR) is 181 cm³/mol. The highest BCUT2D eigenvalue weighted by Crippen LogP contribution is 2.64. The van der Waals surface area contributed by atoms with E-state index in [0.717, 1.165) is 26.1 Å². The average molecular weight is 685 g/mol. The number of aryl methyl sites for hydroxylation is 2. The van der Waals surface area contributed by atoms with Crippen LogP contribution in [0.3, 0.4) is 0 Å². The number of aliphatic hydroxyl groups is 1. The quantitative estimate of drug-likeness (QED) is 0.212. The molecule has 8 rings (SSSR count). The Kier molecular flexibility index (Phi) is 7.17. The van der Waals surface area contributed by atoms with E-state index in [-0.39, 0.29) is 43.3 Å². The molecule has 0 radical (unpaired) electrons. The van der Waals surface area contributed by atoms with E-state index in [4.69, 9.17) is 21.4 Å². The second-order valence-corrected chi connectivity index (χ2v) is 14.8. The number of nitrogens with zero attached hydrogens (tertiary/aromatic N) is 3. The molecule has 0 unspecified atom stereocenters. The van der Waals surface area contributed by atoms with Crippen LogP contribution >= 0.6 is 22.9 Å². The number of fused-ring (bicyclic) bond motifs is 5. The van der Waals surface area contributed by atoms with E-state index in [1.807, 2.05) is 56.3 Å². The molecule has 4 aliphatic rings. The third-order valence-corrected chi connectivity index (χ3v) is 12.4. The summed E-state index contributed by atoms with van der Waals surface area (Å²) in [6.45, 7) is 3.70. The number of imide groups is 2. The minimum absolute atomic E-state index is 0.0497. The molecule has 2 N–H and O–H groups in total. The predicted octanol–water partition coefficient (Wildman–Crippen LogP) is 5.15. The van der Waals surface area contributed by atoms with E-state index in [1.54, 1.807) is 35.2 Å². The lowest BCUT2D eigenvalue weighted by Crippen LogP contribution is -2.49. The SMILES string of the molecule is Cc1c(-c2cc(N3C(=O)[C@@H]4C[C@@H]5C(=CC[C@@H]6C(=O)NC(=O)[C@@H]65)[C@H](c5ccccc5OCCO)[C@]4(C)C3=O)n(C)n2)sc2ccc(Cl)cc12. The van der Waals surface area contributed by atoms with Crippen molar-refractivity contribution < 1.29 is 29.0 Å². The molecule has 4 amide bonds. The lowest BCUT2D eigenvalue weighted by atomic mass is 9.51. The van der Waals surface area contributed by atoms with E-state index in [1.165, 1.54) is 4.90 Å². The van der Waals surface area contributed by atoms with Crippen molar-refractivity contribution in [1.82, 2.24) is 15.1 Å². The van der Waals surface area contributed by atoms with Gasteiger partial charge in [0.05, 0.1) is 34.7 Å². The highest BCUT2D eigenvalue weighted by atomic mass is 35.5. The number of ether oxygens (including phenoxy) is 1. The molecule has 0 spiro atoms. The van der Waals surface area contributed by atoms with Crippen LogP contribution < -0.4 is 15.0 Å². The van der Waals surface area contributed by atoms with Crippen LogP contribution in [0, 0.1) is 36.0 Å². The highest BCUT2D eigenvalue weighted by molar-refractivity contribution is 7.22. The van der Waals surface area contributed by atoms with Gasteiger partial charge in [-0.2, -0.15) is 5.10 Å². The second kappa shape index (κ2) is 11.1. The number of halogens is 1. The van der Waals surface area contributed by atoms with Crippen molar-refractivity contribution in [2.75, 3.05) is 18.1 Å². The van der Waals surface area contributed by atoms with Crippen molar-refractivity contribution >= 4 is 62.5 Å². The molecule has 10 nitrogen and oxygen atoms in total. The maximum Gasteiger partial charge on any atom is 0.242 e. The number of aliphatic hydroxyl groups excluding tert-OH is 1. The van der Waals surface area contributed by atoms with Gasteiger partial charge in [0.15, 0.2) is 0 Å². The van der Waals surface area contributed by atoms with E-state index < -0.39 is 35.0 Å². The van der Waals surface area contributed by atoms with Crippen LogP contribution in [-0.2, 0) is 26.2 Å². The topological polar surface area (TPSA) is 131 Å². The standard InChI is InChI=1S/C36H33ClN4O6S/c1-17-22-14-18(37)8-11-27(22)48-31(17)25-16-28(40(3)39-25)41-34(45)24-15-23-19(9-10-21-29(23)33(44)38-32(21)43)30(36(24,2)35(41)46)20-6-4-5-7-26(20)47-13-12-42/h4-9,11,14,16,21,23-24,29-30,42H,10,12-13,15H2,1-3H3,(H,38,43,44)/t21-,23+,24-,29-,30+,36+/m0/s1. The van der Waals surface area contributed by atoms with E-state index in [2.05, 4.69) is 5.32 Å². The average Bonchev–Trinajstić information content (AvgIpc) is 3.75. The van der Waals surface area contributed by atoms with Gasteiger partial charge >= 0.3 is 0 Å². The Morgan fingerprint density at radius 2 is 1.90 bits per heavy atom. The van der Waals surface area contributed by atoms with Crippen LogP contribution in [0.25, 0.3) is 20.7 Å². The summed E-state index contributed by atoms with van der Waals surface area (Å²) in [5, 5.41) is 18.5. The van der Waals surface area contributed by atoms with Crippen molar-refractivity contribution in [2.45, 2.75) is 32.6 Å². The normalized spacial score (nSPS) is 28.0. The summed E-state index contributed by atoms with van der Waals surface area (Å²) in [5.41, 5.74) is 1.98. The molecule has 1 saturated carbocycles. The lowest BCUT2D eigenvalue weighted by Gasteiger charge is -2.49. The Labute approximate surface area is 285 Å². The fraction of sp³-hybridized carbons (Fsp3) is 0.361. The van der Waals surface area contributed by atoms with Crippen molar-refractivity contribution in [3.8, 4) is 16.3 Å². The van der Waals surface area contributed by atoms with Crippen LogP contribution in [0.15, 0.2) is 60.2 Å². The Bertz CT molecular complexity index is 2100. The molecule has 4 aromatic rings. The fourth-order valence-corrected chi connectivity index (χ4v) is 10.0. The Balaban J connectivity index is 1.26. The molecular formula is C36H33ClN4O6S. The molecule has 2 aliphatic carbocycles. The summed E-state index contributed by atoms with van der Waals surface area (Å²) in [4.78, 5) is 57.8. The summed E-state index contributed by atoms with van der Waals surface area (Å²) in [5.74, 6) is -3.46. The van der Waals surface area contributed by atoms with Gasteiger partial charge in [0.2, 0.25) is 23.6 Å². The molecule has 2 saturated heterocycles. The Morgan fingerprint density at radius 1 is 1.10 bits per heavy atom. The summed E-state index contributed by atoms with van der Waals surface area (Å²) in [6, 6.07) is 14.9. The first kappa shape index (κ1) is 31.0. The van der Waals surface area contributed by atoms with Gasteiger partial charge in [-0.3, -0.25) is 29.2 Å². The minimum Gasteiger partial charge on any atom is -0.491 e. The molecule has 2 aromatic carbocycles. The van der Waals surface area contributed by atoms with Crippen molar-refractivity contribution in [3.05, 3.63) is 76.3 Å². The second-order valence-electron chi connectivity index (χ2n) is 13.3. The van der Waals surface area contributed by atoms with Crippen molar-refractivity contribution in [2.24, 2.45) is 36.1 Å². The van der Waals surface area contributed by atoms with Gasteiger partial charge in [-0.15, -0.1) is 11.3 Å². The van der Waals surface area contributed by atoms with Crippen LogP contribution in [0.2, 0.25) is 5.02 Å². The third kappa shape index (κ3) is 4.30. The molecule has 12 heteroatoms. The van der Waals surface area contributed by atoms with Gasteiger partial charge in [-0.05, 0) is 67.8 Å². The molecule has 48 heavy (non-hydrogen) atoms. The number of benzene rings is 2. The minimum atomic E-state index is -1.24.